The molecule has 0 aliphatic rings. The second kappa shape index (κ2) is 21.7. The Hall–Kier alpha value is -1.49. The predicted molar refractivity (Wildman–Crippen MR) is 117 cm³/mol. The normalized spacial score (nSPS) is 8.52. The van der Waals surface area contributed by atoms with Crippen molar-refractivity contribution in [3.05, 3.63) is 59.7 Å². The summed E-state index contributed by atoms with van der Waals surface area (Å²) in [7, 11) is 1.40. The average Bonchev–Trinajstić information content (AvgIpc) is 2.75. The first kappa shape index (κ1) is 34.1. The summed E-state index contributed by atoms with van der Waals surface area (Å²) in [6.45, 7) is -0.181. The number of benzene rings is 2. The fourth-order valence-electron chi connectivity index (χ4n) is 1.90. The van der Waals surface area contributed by atoms with Crippen molar-refractivity contribution in [1.82, 2.24) is 0 Å². The van der Waals surface area contributed by atoms with Crippen molar-refractivity contribution in [2.45, 2.75) is 30.1 Å². The Morgan fingerprint density at radius 3 is 1.55 bits per heavy atom. The Labute approximate surface area is 214 Å². The average molecular weight is 479 g/mol. The van der Waals surface area contributed by atoms with Gasteiger partial charge in [-0.1, -0.05) is 31.7 Å². The number of ether oxygens (including phenoxy) is 1. The van der Waals surface area contributed by atoms with Crippen molar-refractivity contribution in [2.24, 2.45) is 0 Å². The van der Waals surface area contributed by atoms with E-state index in [1.165, 1.54) is 12.0 Å². The molecule has 0 spiro atoms. The van der Waals surface area contributed by atoms with Crippen molar-refractivity contribution in [3.8, 4) is 0 Å². The van der Waals surface area contributed by atoms with Crippen molar-refractivity contribution in [1.29, 1.82) is 0 Å². The van der Waals surface area contributed by atoms with E-state index >= 15 is 0 Å². The standard InChI is InChI=1S/C10H12O2S.C9H10O2S.CH2O3.CH4.Na/c1-12-10(11)7-8-3-5-9(13-2)6-4-8;1-12-8-4-2-7(3-5-8)6-9(10)11;2-1-4-3;;/h3-6H,7H2,1-2H3;2-5H,6H2,1H3,(H,10,11);1,3H;1H4;/q;;;;+1/p-1. The van der Waals surface area contributed by atoms with Gasteiger partial charge in [0.1, 0.15) is 0 Å². The van der Waals surface area contributed by atoms with Crippen LogP contribution in [-0.4, -0.2) is 43.1 Å². The first-order valence-electron chi connectivity index (χ1n) is 8.16. The van der Waals surface area contributed by atoms with Gasteiger partial charge in [0.15, 0.2) is 0 Å². The molecule has 0 aliphatic heterocycles. The quantitative estimate of drug-likeness (QED) is 0.149. The van der Waals surface area contributed by atoms with Crippen LogP contribution in [-0.2, 0) is 36.8 Å². The molecule has 0 amide bonds. The summed E-state index contributed by atoms with van der Waals surface area (Å²) >= 11 is 3.33. The Bertz CT molecular complexity index is 738. The smallest absolute Gasteiger partial charge is 0.662 e. The topological polar surface area (TPSA) is 113 Å². The van der Waals surface area contributed by atoms with Crippen LogP contribution in [0, 0.1) is 0 Å². The first-order valence-corrected chi connectivity index (χ1v) is 10.6. The molecule has 2 rings (SSSR count). The van der Waals surface area contributed by atoms with Gasteiger partial charge in [0.2, 0.25) is 0 Å². The van der Waals surface area contributed by atoms with Crippen LogP contribution in [0.2, 0.25) is 0 Å². The number of hydrogen-bond donors (Lipinski definition) is 1. The maximum atomic E-state index is 10.9. The van der Waals surface area contributed by atoms with E-state index in [9.17, 15) is 9.59 Å². The van der Waals surface area contributed by atoms with Gasteiger partial charge in [-0.3, -0.25) is 14.4 Å². The summed E-state index contributed by atoms with van der Waals surface area (Å²) in [5.41, 5.74) is 1.84. The summed E-state index contributed by atoms with van der Waals surface area (Å²) in [4.78, 5) is 34.8. The molecule has 0 aromatic heterocycles. The molecular formula is C21H27NaO7S2. The maximum Gasteiger partial charge on any atom is 1.00 e. The van der Waals surface area contributed by atoms with Gasteiger partial charge in [-0.25, -0.2) is 0 Å². The molecule has 0 fully saturated rings. The number of esters is 1. The molecule has 31 heavy (non-hydrogen) atoms. The predicted octanol–water partition coefficient (Wildman–Crippen LogP) is 0.234. The van der Waals surface area contributed by atoms with Crippen molar-refractivity contribution < 1.29 is 63.9 Å². The third kappa shape index (κ3) is 17.8. The van der Waals surface area contributed by atoms with Crippen LogP contribution in [0.1, 0.15) is 18.6 Å². The van der Waals surface area contributed by atoms with Crippen molar-refractivity contribution in [3.63, 3.8) is 0 Å². The fraction of sp³-hybridized carbons (Fsp3) is 0.286. The zero-order valence-corrected chi connectivity index (χ0v) is 21.0. The van der Waals surface area contributed by atoms with Gasteiger partial charge in [0, 0.05) is 9.79 Å². The van der Waals surface area contributed by atoms with Crippen LogP contribution < -0.4 is 34.8 Å². The molecular weight excluding hydrogens is 451 g/mol. The molecule has 0 aliphatic carbocycles. The van der Waals surface area contributed by atoms with E-state index in [0.717, 1.165) is 16.0 Å². The van der Waals surface area contributed by atoms with Crippen molar-refractivity contribution in [2.75, 3.05) is 19.6 Å². The van der Waals surface area contributed by atoms with Crippen molar-refractivity contribution >= 4 is 41.9 Å². The molecule has 10 heteroatoms. The van der Waals surface area contributed by atoms with Gasteiger partial charge in [0.05, 0.1) is 20.0 Å². The Balaban J connectivity index is -0.000000410. The molecule has 0 radical (unpaired) electrons. The number of carbonyl (C=O) groups is 3. The number of hydrogen-bond acceptors (Lipinski definition) is 8. The number of carboxylic acid groups (broad SMARTS) is 1. The monoisotopic (exact) mass is 478 g/mol. The van der Waals surface area contributed by atoms with Crippen LogP contribution in [0.3, 0.4) is 0 Å². The minimum absolute atomic E-state index is 0. The minimum atomic E-state index is -0.785. The summed E-state index contributed by atoms with van der Waals surface area (Å²) in [6.07, 6.45) is 4.47. The number of thioether (sulfide) groups is 2. The van der Waals surface area contributed by atoms with Gasteiger partial charge in [-0.15, -0.1) is 23.5 Å². The third-order valence-corrected chi connectivity index (χ3v) is 4.78. The summed E-state index contributed by atoms with van der Waals surface area (Å²) in [6, 6.07) is 15.5. The van der Waals surface area contributed by atoms with E-state index in [-0.39, 0.29) is 55.8 Å². The number of methoxy groups -OCH3 is 1. The van der Waals surface area contributed by atoms with E-state index in [1.54, 1.807) is 23.5 Å². The van der Waals surface area contributed by atoms with E-state index in [2.05, 4.69) is 9.62 Å². The third-order valence-electron chi connectivity index (χ3n) is 3.29. The molecule has 0 heterocycles. The number of carboxylic acids is 1. The molecule has 0 saturated heterocycles. The fourth-order valence-corrected chi connectivity index (χ4v) is 2.72. The molecule has 0 bridgehead atoms. The van der Waals surface area contributed by atoms with E-state index in [0.29, 0.717) is 6.42 Å². The van der Waals surface area contributed by atoms with Gasteiger partial charge >= 0.3 is 41.5 Å². The Morgan fingerprint density at radius 2 is 1.29 bits per heavy atom. The van der Waals surface area contributed by atoms with Gasteiger partial charge < -0.3 is 20.0 Å². The summed E-state index contributed by atoms with van der Waals surface area (Å²) in [5.74, 6) is -0.983. The number of rotatable bonds is 7. The zero-order valence-electron chi connectivity index (χ0n) is 17.3. The number of aliphatic carboxylic acids is 1. The van der Waals surface area contributed by atoms with Crippen LogP contribution in [0.5, 0.6) is 0 Å². The van der Waals surface area contributed by atoms with Crippen LogP contribution in [0.25, 0.3) is 0 Å². The molecule has 166 valence electrons. The Morgan fingerprint density at radius 1 is 0.935 bits per heavy atom. The van der Waals surface area contributed by atoms with E-state index in [4.69, 9.17) is 15.2 Å². The molecule has 1 N–H and O–H groups in total. The van der Waals surface area contributed by atoms with E-state index < -0.39 is 5.97 Å². The first-order chi connectivity index (χ1) is 13.9. The van der Waals surface area contributed by atoms with E-state index in [1.807, 2.05) is 61.0 Å². The largest absolute Gasteiger partial charge is 1.00 e. The molecule has 2 aromatic carbocycles. The second-order valence-corrected chi connectivity index (χ2v) is 6.97. The van der Waals surface area contributed by atoms with Crippen LogP contribution >= 0.6 is 23.5 Å². The van der Waals surface area contributed by atoms with Gasteiger partial charge in [-0.05, 0) is 47.9 Å². The van der Waals surface area contributed by atoms with Gasteiger partial charge in [-0.2, -0.15) is 0 Å². The van der Waals surface area contributed by atoms with Crippen LogP contribution in [0.4, 0.5) is 0 Å². The molecule has 0 unspecified atom stereocenters. The number of carbonyl (C=O) groups excluding carboxylic acids is 2. The minimum Gasteiger partial charge on any atom is -0.662 e. The SMILES string of the molecule is C.COC(=O)Cc1ccc(SC)cc1.CSc1ccc(CC(=O)O)cc1.O=CO[O-].[Na+]. The molecule has 7 nitrogen and oxygen atoms in total. The second-order valence-electron chi connectivity index (χ2n) is 5.21. The maximum absolute atomic E-state index is 10.9. The van der Waals surface area contributed by atoms with Gasteiger partial charge in [0.25, 0.3) is 6.47 Å². The molecule has 2 aromatic rings. The Kier molecular flexibility index (Phi) is 23.9. The molecule has 0 atom stereocenters. The zero-order chi connectivity index (χ0) is 22.1. The summed E-state index contributed by atoms with van der Waals surface area (Å²) < 4.78 is 4.57. The summed E-state index contributed by atoms with van der Waals surface area (Å²) in [5, 5.41) is 16.9. The molecule has 0 saturated carbocycles. The van der Waals surface area contributed by atoms with Crippen LogP contribution in [0.15, 0.2) is 58.3 Å².